The third-order valence-corrected chi connectivity index (χ3v) is 6.06. The summed E-state index contributed by atoms with van der Waals surface area (Å²) in [4.78, 5) is -0.131. The number of rotatable bonds is 6. The number of benzene rings is 1. The van der Waals surface area contributed by atoms with Gasteiger partial charge in [0.1, 0.15) is 0 Å². The van der Waals surface area contributed by atoms with Gasteiger partial charge in [-0.15, -0.1) is 0 Å². The van der Waals surface area contributed by atoms with Gasteiger partial charge < -0.3 is 9.47 Å². The molecular formula is C17H23F3O4S. The molecule has 25 heavy (non-hydrogen) atoms. The molecule has 0 amide bonds. The maximum Gasteiger partial charge on any atom is 0.395 e. The minimum absolute atomic E-state index is 0.131. The lowest BCUT2D eigenvalue weighted by Crippen LogP contribution is -2.49. The Labute approximate surface area is 146 Å². The molecule has 1 aromatic carbocycles. The lowest BCUT2D eigenvalue weighted by Gasteiger charge is -2.39. The Morgan fingerprint density at radius 1 is 1.20 bits per heavy atom. The normalized spacial score (nSPS) is 21.1. The first-order valence-corrected chi connectivity index (χ1v) is 9.81. The first-order chi connectivity index (χ1) is 11.5. The van der Waals surface area contributed by atoms with Crippen LogP contribution in [0, 0.1) is 5.92 Å². The molecule has 1 aromatic rings. The van der Waals surface area contributed by atoms with Gasteiger partial charge in [0.25, 0.3) is 0 Å². The van der Waals surface area contributed by atoms with E-state index in [4.69, 9.17) is 9.47 Å². The van der Waals surface area contributed by atoms with Crippen molar-refractivity contribution in [2.75, 3.05) is 12.4 Å². The number of halogens is 3. The summed E-state index contributed by atoms with van der Waals surface area (Å²) in [6.45, 7) is 2.97. The number of ether oxygens (including phenoxy) is 2. The molecule has 0 N–H and O–H groups in total. The van der Waals surface area contributed by atoms with Crippen molar-refractivity contribution in [1.29, 1.82) is 0 Å². The average Bonchev–Trinajstić information content (AvgIpc) is 2.53. The largest absolute Gasteiger partial charge is 0.395 e. The van der Waals surface area contributed by atoms with E-state index in [1.54, 1.807) is 6.07 Å². The predicted molar refractivity (Wildman–Crippen MR) is 86.8 cm³/mol. The van der Waals surface area contributed by atoms with E-state index in [1.165, 1.54) is 38.1 Å². The fourth-order valence-corrected chi connectivity index (χ4v) is 4.65. The molecule has 0 saturated carbocycles. The van der Waals surface area contributed by atoms with Crippen molar-refractivity contribution in [1.82, 2.24) is 0 Å². The number of sulfone groups is 1. The third kappa shape index (κ3) is 5.43. The van der Waals surface area contributed by atoms with Crippen molar-refractivity contribution in [3.8, 4) is 0 Å². The lowest BCUT2D eigenvalue weighted by atomic mass is 9.91. The Morgan fingerprint density at radius 3 is 2.36 bits per heavy atom. The summed E-state index contributed by atoms with van der Waals surface area (Å²) >= 11 is 0. The van der Waals surface area contributed by atoms with Crippen LogP contribution in [0.2, 0.25) is 0 Å². The molecule has 0 radical (unpaired) electrons. The fraction of sp³-hybridized carbons (Fsp3) is 0.647. The van der Waals surface area contributed by atoms with E-state index in [0.717, 1.165) is 12.8 Å². The van der Waals surface area contributed by atoms with Gasteiger partial charge in [-0.1, -0.05) is 18.2 Å². The summed E-state index contributed by atoms with van der Waals surface area (Å²) in [6, 6.07) is 7.15. The SMILES string of the molecule is CC(C)(OC1CCCCO1)C(CS(=O)(=O)c1ccccc1)C(F)(F)F. The summed E-state index contributed by atoms with van der Waals surface area (Å²) in [7, 11) is -4.11. The molecule has 8 heteroatoms. The predicted octanol–water partition coefficient (Wildman–Crippen LogP) is 3.96. The highest BCUT2D eigenvalue weighted by molar-refractivity contribution is 7.91. The first-order valence-electron chi connectivity index (χ1n) is 8.16. The van der Waals surface area contributed by atoms with Crippen LogP contribution in [-0.4, -0.2) is 38.8 Å². The van der Waals surface area contributed by atoms with Crippen molar-refractivity contribution < 1.29 is 31.1 Å². The van der Waals surface area contributed by atoms with Gasteiger partial charge in [-0.3, -0.25) is 0 Å². The monoisotopic (exact) mass is 380 g/mol. The molecule has 0 bridgehead atoms. The molecule has 1 fully saturated rings. The molecule has 4 nitrogen and oxygen atoms in total. The highest BCUT2D eigenvalue weighted by Crippen LogP contribution is 2.40. The Hall–Kier alpha value is -1.12. The Balaban J connectivity index is 2.23. The van der Waals surface area contributed by atoms with Gasteiger partial charge in [0, 0.05) is 6.61 Å². The molecule has 142 valence electrons. The molecule has 2 rings (SSSR count). The van der Waals surface area contributed by atoms with Crippen LogP contribution in [0.5, 0.6) is 0 Å². The highest BCUT2D eigenvalue weighted by atomic mass is 32.2. The van der Waals surface area contributed by atoms with Crippen LogP contribution >= 0.6 is 0 Å². The minimum Gasteiger partial charge on any atom is -0.353 e. The Bertz CT molecular complexity index is 650. The lowest BCUT2D eigenvalue weighted by molar-refractivity contribution is -0.274. The smallest absolute Gasteiger partial charge is 0.353 e. The van der Waals surface area contributed by atoms with Gasteiger partial charge >= 0.3 is 6.18 Å². The maximum absolute atomic E-state index is 13.6. The van der Waals surface area contributed by atoms with Gasteiger partial charge in [0.05, 0.1) is 22.2 Å². The summed E-state index contributed by atoms with van der Waals surface area (Å²) in [5.41, 5.74) is -1.73. The molecule has 0 aliphatic carbocycles. The molecular weight excluding hydrogens is 357 g/mol. The van der Waals surface area contributed by atoms with Crippen LogP contribution in [0.1, 0.15) is 33.1 Å². The minimum atomic E-state index is -4.72. The molecule has 0 aromatic heterocycles. The van der Waals surface area contributed by atoms with Crippen molar-refractivity contribution >= 4 is 9.84 Å². The second-order valence-electron chi connectivity index (χ2n) is 6.71. The summed E-state index contributed by atoms with van der Waals surface area (Å²) < 4.78 is 76.7. The van der Waals surface area contributed by atoms with Gasteiger partial charge in [-0.2, -0.15) is 13.2 Å². The fourth-order valence-electron chi connectivity index (χ4n) is 2.86. The van der Waals surface area contributed by atoms with Gasteiger partial charge in [-0.05, 0) is 45.2 Å². The summed E-state index contributed by atoms with van der Waals surface area (Å²) in [5.74, 6) is -3.24. The quantitative estimate of drug-likeness (QED) is 0.750. The second-order valence-corrected chi connectivity index (χ2v) is 8.74. The zero-order valence-electron chi connectivity index (χ0n) is 14.3. The van der Waals surface area contributed by atoms with Crippen LogP contribution in [0.4, 0.5) is 13.2 Å². The molecule has 1 aliphatic rings. The van der Waals surface area contributed by atoms with E-state index in [-0.39, 0.29) is 4.90 Å². The van der Waals surface area contributed by atoms with Crippen molar-refractivity contribution in [2.24, 2.45) is 5.92 Å². The van der Waals surface area contributed by atoms with Crippen molar-refractivity contribution in [3.05, 3.63) is 30.3 Å². The van der Waals surface area contributed by atoms with Crippen molar-refractivity contribution in [2.45, 2.75) is 56.1 Å². The molecule has 2 unspecified atom stereocenters. The number of hydrogen-bond acceptors (Lipinski definition) is 4. The van der Waals surface area contributed by atoms with Gasteiger partial charge in [-0.25, -0.2) is 8.42 Å². The van der Waals surface area contributed by atoms with E-state index in [1.807, 2.05) is 0 Å². The van der Waals surface area contributed by atoms with Crippen LogP contribution in [0.15, 0.2) is 35.2 Å². The summed E-state index contributed by atoms with van der Waals surface area (Å²) in [5, 5.41) is 0. The first kappa shape index (κ1) is 20.2. The molecule has 2 atom stereocenters. The van der Waals surface area contributed by atoms with Crippen LogP contribution in [0.25, 0.3) is 0 Å². The Kier molecular flexibility index (Phi) is 6.17. The molecule has 1 heterocycles. The van der Waals surface area contributed by atoms with Crippen LogP contribution in [0.3, 0.4) is 0 Å². The van der Waals surface area contributed by atoms with E-state index < -0.39 is 39.6 Å². The topological polar surface area (TPSA) is 52.6 Å². The van der Waals surface area contributed by atoms with Crippen LogP contribution in [-0.2, 0) is 19.3 Å². The molecule has 1 saturated heterocycles. The Morgan fingerprint density at radius 2 is 1.84 bits per heavy atom. The number of hydrogen-bond donors (Lipinski definition) is 0. The standard InChI is InChI=1S/C17H23F3O4S/c1-16(2,24-15-10-6-7-11-23-15)14(17(18,19)20)12-25(21,22)13-8-4-3-5-9-13/h3-5,8-9,14-15H,6-7,10-12H2,1-2H3. The number of alkyl halides is 3. The summed E-state index contributed by atoms with van der Waals surface area (Å²) in [6.07, 6.45) is -3.32. The van der Waals surface area contributed by atoms with Crippen molar-refractivity contribution in [3.63, 3.8) is 0 Å². The second kappa shape index (κ2) is 7.63. The van der Waals surface area contributed by atoms with Gasteiger partial charge in [0.15, 0.2) is 16.1 Å². The van der Waals surface area contributed by atoms with Crippen LogP contribution < -0.4 is 0 Å². The average molecular weight is 380 g/mol. The van der Waals surface area contributed by atoms with E-state index >= 15 is 0 Å². The zero-order chi connectivity index (χ0) is 18.7. The van der Waals surface area contributed by atoms with Gasteiger partial charge in [0.2, 0.25) is 0 Å². The molecule has 1 aliphatic heterocycles. The third-order valence-electron chi connectivity index (χ3n) is 4.30. The molecule has 0 spiro atoms. The maximum atomic E-state index is 13.6. The van der Waals surface area contributed by atoms with E-state index in [0.29, 0.717) is 13.0 Å². The highest BCUT2D eigenvalue weighted by Gasteiger charge is 2.52. The van der Waals surface area contributed by atoms with E-state index in [9.17, 15) is 21.6 Å². The van der Waals surface area contributed by atoms with E-state index in [2.05, 4.69) is 0 Å². The zero-order valence-corrected chi connectivity index (χ0v) is 15.1.